The first-order valence-electron chi connectivity index (χ1n) is 8.48. The number of nitriles is 2. The highest BCUT2D eigenvalue weighted by Crippen LogP contribution is 2.45. The Labute approximate surface area is 173 Å². The first-order chi connectivity index (χ1) is 14.4. The molecule has 1 aliphatic heterocycles. The Bertz CT molecular complexity index is 1220. The summed E-state index contributed by atoms with van der Waals surface area (Å²) in [4.78, 5) is 8.43. The van der Waals surface area contributed by atoms with Gasteiger partial charge in [-0.25, -0.2) is 4.98 Å². The van der Waals surface area contributed by atoms with Gasteiger partial charge in [0, 0.05) is 17.5 Å². The summed E-state index contributed by atoms with van der Waals surface area (Å²) in [6.45, 7) is 0. The van der Waals surface area contributed by atoms with Crippen LogP contribution in [-0.2, 0) is 5.75 Å². The topological polar surface area (TPSA) is 118 Å². The Morgan fingerprint density at radius 3 is 2.53 bits per heavy atom. The molecule has 0 spiro atoms. The minimum Gasteiger partial charge on any atom is -0.395 e. The second kappa shape index (κ2) is 7.50. The van der Waals surface area contributed by atoms with Crippen molar-refractivity contribution >= 4 is 17.6 Å². The Morgan fingerprint density at radius 2 is 1.83 bits per heavy atom. The summed E-state index contributed by atoms with van der Waals surface area (Å²) in [6.07, 6.45) is -2.13. The fourth-order valence-corrected chi connectivity index (χ4v) is 3.83. The maximum atomic E-state index is 13.4. The maximum Gasteiger partial charge on any atom is 0.586 e. The molecule has 2 N–H and O–H groups in total. The van der Waals surface area contributed by atoms with Crippen molar-refractivity contribution in [1.82, 2.24) is 9.97 Å². The van der Waals surface area contributed by atoms with E-state index < -0.39 is 6.29 Å². The van der Waals surface area contributed by atoms with E-state index in [9.17, 15) is 19.3 Å². The Morgan fingerprint density at radius 1 is 1.07 bits per heavy atom. The van der Waals surface area contributed by atoms with Gasteiger partial charge in [0.15, 0.2) is 11.5 Å². The normalized spacial score (nSPS) is 13.5. The molecule has 0 saturated carbocycles. The number of rotatable bonds is 4. The van der Waals surface area contributed by atoms with E-state index >= 15 is 0 Å². The summed E-state index contributed by atoms with van der Waals surface area (Å²) in [5.41, 5.74) is 7.31. The van der Waals surface area contributed by atoms with Gasteiger partial charge in [-0.15, -0.1) is 8.78 Å². The largest absolute Gasteiger partial charge is 0.586 e. The number of halogens is 2. The van der Waals surface area contributed by atoms with Gasteiger partial charge >= 0.3 is 6.29 Å². The second-order valence-electron chi connectivity index (χ2n) is 6.09. The molecule has 0 unspecified atom stereocenters. The number of nitrogens with two attached hydrogens (primary N) is 1. The fourth-order valence-electron chi connectivity index (χ4n) is 2.92. The highest BCUT2D eigenvalue weighted by Gasteiger charge is 2.43. The lowest BCUT2D eigenvalue weighted by atomic mass is 9.96. The zero-order valence-corrected chi connectivity index (χ0v) is 15.9. The number of anilines is 1. The lowest BCUT2D eigenvalue weighted by Gasteiger charge is -2.13. The molecule has 0 fully saturated rings. The van der Waals surface area contributed by atoms with Gasteiger partial charge < -0.3 is 15.2 Å². The van der Waals surface area contributed by atoms with Crippen LogP contribution in [0, 0.1) is 22.7 Å². The van der Waals surface area contributed by atoms with Crippen molar-refractivity contribution in [2.75, 3.05) is 5.73 Å². The number of hydrogen-bond donors (Lipinski definition) is 1. The van der Waals surface area contributed by atoms with E-state index in [1.807, 2.05) is 18.2 Å². The molecule has 148 valence electrons. The Balaban J connectivity index is 1.80. The van der Waals surface area contributed by atoms with Crippen LogP contribution in [0.15, 0.2) is 47.6 Å². The van der Waals surface area contributed by atoms with Crippen LogP contribution in [0.2, 0.25) is 0 Å². The highest BCUT2D eigenvalue weighted by atomic mass is 32.2. The summed E-state index contributed by atoms with van der Waals surface area (Å²) < 4.78 is 35.6. The zero-order chi connectivity index (χ0) is 21.3. The average molecular weight is 423 g/mol. The molecule has 0 saturated heterocycles. The van der Waals surface area contributed by atoms with Gasteiger partial charge in [0.25, 0.3) is 0 Å². The van der Waals surface area contributed by atoms with Crippen molar-refractivity contribution in [1.29, 1.82) is 10.5 Å². The lowest BCUT2D eigenvalue weighted by Crippen LogP contribution is -2.25. The van der Waals surface area contributed by atoms with Crippen LogP contribution in [0.3, 0.4) is 0 Å². The zero-order valence-electron chi connectivity index (χ0n) is 15.1. The number of benzene rings is 1. The molecular formula is C20H11F2N5O2S. The Hall–Kier alpha value is -3.89. The SMILES string of the molecule is N#Cc1c(N)nc(SCc2ccccn2)c(C#N)c1-c1ccc2c(c1)OC(F)(F)O2. The predicted molar refractivity (Wildman–Crippen MR) is 104 cm³/mol. The molecule has 7 nitrogen and oxygen atoms in total. The minimum absolute atomic E-state index is 0.0284. The first kappa shape index (κ1) is 19.4. The van der Waals surface area contributed by atoms with E-state index in [-0.39, 0.29) is 34.0 Å². The van der Waals surface area contributed by atoms with Crippen LogP contribution in [0.4, 0.5) is 14.6 Å². The number of pyridine rings is 2. The molecule has 3 heterocycles. The fraction of sp³-hybridized carbons (Fsp3) is 0.100. The predicted octanol–water partition coefficient (Wildman–Crippen LogP) is 4.08. The molecule has 1 aliphatic rings. The summed E-state index contributed by atoms with van der Waals surface area (Å²) in [6, 6.07) is 13.5. The first-order valence-corrected chi connectivity index (χ1v) is 9.47. The van der Waals surface area contributed by atoms with E-state index in [0.717, 1.165) is 5.69 Å². The number of hydrogen-bond acceptors (Lipinski definition) is 8. The lowest BCUT2D eigenvalue weighted by molar-refractivity contribution is -0.286. The van der Waals surface area contributed by atoms with Gasteiger partial charge in [0.2, 0.25) is 0 Å². The van der Waals surface area contributed by atoms with E-state index in [4.69, 9.17) is 5.73 Å². The van der Waals surface area contributed by atoms with Crippen LogP contribution in [0.1, 0.15) is 16.8 Å². The highest BCUT2D eigenvalue weighted by molar-refractivity contribution is 7.98. The maximum absolute atomic E-state index is 13.4. The molecule has 0 radical (unpaired) electrons. The Kier molecular flexibility index (Phi) is 4.86. The number of nitrogens with zero attached hydrogens (tertiary/aromatic N) is 4. The van der Waals surface area contributed by atoms with Gasteiger partial charge in [0.1, 0.15) is 28.5 Å². The van der Waals surface area contributed by atoms with Crippen LogP contribution in [0.5, 0.6) is 11.5 Å². The monoisotopic (exact) mass is 423 g/mol. The molecule has 0 aliphatic carbocycles. The summed E-state index contributed by atoms with van der Waals surface area (Å²) in [5.74, 6) is -0.00498. The van der Waals surface area contributed by atoms with Crippen molar-refractivity contribution in [3.8, 4) is 34.8 Å². The third kappa shape index (κ3) is 3.56. The van der Waals surface area contributed by atoms with Gasteiger partial charge in [-0.2, -0.15) is 10.5 Å². The molecule has 30 heavy (non-hydrogen) atoms. The molecular weight excluding hydrogens is 412 g/mol. The van der Waals surface area contributed by atoms with Crippen molar-refractivity contribution in [3.63, 3.8) is 0 Å². The van der Waals surface area contributed by atoms with Crippen molar-refractivity contribution in [2.45, 2.75) is 17.1 Å². The molecule has 2 aromatic heterocycles. The van der Waals surface area contributed by atoms with Crippen LogP contribution < -0.4 is 15.2 Å². The van der Waals surface area contributed by atoms with Gasteiger partial charge in [0.05, 0.1) is 11.3 Å². The summed E-state index contributed by atoms with van der Waals surface area (Å²) in [5, 5.41) is 19.7. The second-order valence-corrected chi connectivity index (χ2v) is 7.05. The van der Waals surface area contributed by atoms with Crippen molar-refractivity contribution in [3.05, 3.63) is 59.4 Å². The number of nitrogen functional groups attached to an aromatic ring is 1. The smallest absolute Gasteiger partial charge is 0.395 e. The molecule has 0 atom stereocenters. The molecule has 4 rings (SSSR count). The molecule has 0 amide bonds. The quantitative estimate of drug-likeness (QED) is 0.624. The van der Waals surface area contributed by atoms with Crippen molar-refractivity contribution < 1.29 is 18.3 Å². The van der Waals surface area contributed by atoms with Gasteiger partial charge in [-0.05, 0) is 29.8 Å². The van der Waals surface area contributed by atoms with Crippen LogP contribution in [-0.4, -0.2) is 16.3 Å². The van der Waals surface area contributed by atoms with E-state index in [2.05, 4.69) is 25.5 Å². The molecule has 1 aromatic carbocycles. The van der Waals surface area contributed by atoms with Crippen molar-refractivity contribution in [2.24, 2.45) is 0 Å². The number of alkyl halides is 2. The number of fused-ring (bicyclic) bond motifs is 1. The van der Waals surface area contributed by atoms with E-state index in [0.29, 0.717) is 16.3 Å². The standard InChI is InChI=1S/C20H11F2N5O2S/c21-20(22)28-15-5-4-11(7-16(15)29-20)17-13(8-23)18(25)27-19(14(17)9-24)30-10-12-3-1-2-6-26-12/h1-7H,10H2,(H2,25,27). The van der Waals surface area contributed by atoms with Gasteiger partial charge in [-0.3, -0.25) is 4.98 Å². The number of aromatic nitrogens is 2. The summed E-state index contributed by atoms with van der Waals surface area (Å²) >= 11 is 1.23. The van der Waals surface area contributed by atoms with Crippen LogP contribution >= 0.6 is 11.8 Å². The average Bonchev–Trinajstić information content (AvgIpc) is 3.05. The number of ether oxygens (including phenoxy) is 2. The molecule has 3 aromatic rings. The van der Waals surface area contributed by atoms with E-state index in [1.165, 1.54) is 30.0 Å². The van der Waals surface area contributed by atoms with Crippen LogP contribution in [0.25, 0.3) is 11.1 Å². The number of thioether (sulfide) groups is 1. The minimum atomic E-state index is -3.78. The van der Waals surface area contributed by atoms with E-state index in [1.54, 1.807) is 12.3 Å². The third-order valence-electron chi connectivity index (χ3n) is 4.19. The third-order valence-corrected chi connectivity index (χ3v) is 5.20. The summed E-state index contributed by atoms with van der Waals surface area (Å²) in [7, 11) is 0. The molecule has 0 bridgehead atoms. The molecule has 10 heteroatoms. The van der Waals surface area contributed by atoms with Gasteiger partial charge in [-0.1, -0.05) is 23.9 Å².